The van der Waals surface area contributed by atoms with Gasteiger partial charge in [-0.3, -0.25) is 4.79 Å². The summed E-state index contributed by atoms with van der Waals surface area (Å²) in [6, 6.07) is 4.53. The third-order valence-corrected chi connectivity index (χ3v) is 7.24. The summed E-state index contributed by atoms with van der Waals surface area (Å²) in [5, 5.41) is 0. The predicted octanol–water partition coefficient (Wildman–Crippen LogP) is 2.49. The number of carbonyl (C=O) groups excluding carboxylic acids is 1. The molecule has 0 saturated carbocycles. The van der Waals surface area contributed by atoms with Crippen LogP contribution in [0.15, 0.2) is 23.1 Å². The zero-order valence-electron chi connectivity index (χ0n) is 17.0. The van der Waals surface area contributed by atoms with Gasteiger partial charge < -0.3 is 9.80 Å². The number of carbonyl (C=O) groups is 1. The number of fused-ring (bicyclic) bond motifs is 1. The van der Waals surface area contributed by atoms with Crippen LogP contribution in [0.3, 0.4) is 0 Å². The lowest BCUT2D eigenvalue weighted by Gasteiger charge is -2.30. The summed E-state index contributed by atoms with van der Waals surface area (Å²) in [7, 11) is -3.78. The summed E-state index contributed by atoms with van der Waals surface area (Å²) in [6.07, 6.45) is -4.68. The molecule has 0 unspecified atom stereocenters. The van der Waals surface area contributed by atoms with Crippen molar-refractivity contribution in [1.29, 1.82) is 0 Å². The van der Waals surface area contributed by atoms with E-state index in [2.05, 4.69) is 4.90 Å². The first kappa shape index (κ1) is 23.6. The van der Waals surface area contributed by atoms with Gasteiger partial charge in [-0.2, -0.15) is 17.5 Å². The van der Waals surface area contributed by atoms with Gasteiger partial charge in [0.15, 0.2) is 0 Å². The lowest BCUT2D eigenvalue weighted by molar-refractivity contribution is -0.186. The maximum Gasteiger partial charge on any atom is 0.471 e. The summed E-state index contributed by atoms with van der Waals surface area (Å²) in [5.41, 5.74) is 1.20. The first-order valence-electron chi connectivity index (χ1n) is 9.74. The second-order valence-corrected chi connectivity index (χ2v) is 8.87. The molecule has 29 heavy (non-hydrogen) atoms. The average Bonchev–Trinajstić information content (AvgIpc) is 2.69. The van der Waals surface area contributed by atoms with Gasteiger partial charge >= 0.3 is 12.1 Å². The normalized spacial score (nSPS) is 15.1. The maximum atomic E-state index is 13.1. The van der Waals surface area contributed by atoms with Crippen LogP contribution in [-0.4, -0.2) is 73.9 Å². The SMILES string of the molecule is CCN(CC)CCN(CC)S(=O)(=O)c1ccc2c(c1)CN(C(=O)C(F)(F)F)CC2. The van der Waals surface area contributed by atoms with Gasteiger partial charge in [0.1, 0.15) is 0 Å². The lowest BCUT2D eigenvalue weighted by atomic mass is 10.00. The molecule has 0 aromatic heterocycles. The van der Waals surface area contributed by atoms with Crippen LogP contribution in [0.25, 0.3) is 0 Å². The number of hydrogen-bond acceptors (Lipinski definition) is 4. The van der Waals surface area contributed by atoms with Gasteiger partial charge in [-0.15, -0.1) is 0 Å². The van der Waals surface area contributed by atoms with E-state index in [4.69, 9.17) is 0 Å². The van der Waals surface area contributed by atoms with Crippen molar-refractivity contribution < 1.29 is 26.4 Å². The summed E-state index contributed by atoms with van der Waals surface area (Å²) in [6.45, 7) is 8.32. The quantitative estimate of drug-likeness (QED) is 0.630. The van der Waals surface area contributed by atoms with E-state index >= 15 is 0 Å². The van der Waals surface area contributed by atoms with Crippen LogP contribution in [0.4, 0.5) is 13.2 Å². The van der Waals surface area contributed by atoms with E-state index in [1.807, 2.05) is 13.8 Å². The monoisotopic (exact) mass is 435 g/mol. The highest BCUT2D eigenvalue weighted by molar-refractivity contribution is 7.89. The Morgan fingerprint density at radius 2 is 1.72 bits per heavy atom. The molecule has 1 aliphatic heterocycles. The molecule has 1 aromatic carbocycles. The molecule has 6 nitrogen and oxygen atoms in total. The molecular weight excluding hydrogens is 407 g/mol. The van der Waals surface area contributed by atoms with E-state index in [0.29, 0.717) is 25.2 Å². The molecule has 10 heteroatoms. The molecule has 1 aromatic rings. The second-order valence-electron chi connectivity index (χ2n) is 6.93. The van der Waals surface area contributed by atoms with Crippen molar-refractivity contribution in [3.05, 3.63) is 29.3 Å². The number of benzene rings is 1. The highest BCUT2D eigenvalue weighted by atomic mass is 32.2. The molecule has 0 spiro atoms. The van der Waals surface area contributed by atoms with Crippen LogP contribution in [0.5, 0.6) is 0 Å². The van der Waals surface area contributed by atoms with Crippen LogP contribution in [0.1, 0.15) is 31.9 Å². The minimum atomic E-state index is -4.94. The van der Waals surface area contributed by atoms with Crippen LogP contribution >= 0.6 is 0 Å². The minimum absolute atomic E-state index is 0.0393. The van der Waals surface area contributed by atoms with Gasteiger partial charge in [-0.25, -0.2) is 8.42 Å². The fourth-order valence-corrected chi connectivity index (χ4v) is 4.93. The second kappa shape index (κ2) is 9.44. The van der Waals surface area contributed by atoms with Crippen molar-refractivity contribution >= 4 is 15.9 Å². The summed E-state index contributed by atoms with van der Waals surface area (Å²) in [5.74, 6) is -1.90. The standard InChI is InChI=1S/C19H28F3N3O3S/c1-4-23(5-2)11-12-25(6-3)29(27,28)17-8-7-15-9-10-24(14-16(15)13-17)18(26)19(20,21)22/h7-8,13H,4-6,9-12,14H2,1-3H3. The molecule has 0 saturated heterocycles. The van der Waals surface area contributed by atoms with Gasteiger partial charge in [0.25, 0.3) is 0 Å². The maximum absolute atomic E-state index is 13.1. The molecule has 0 aliphatic carbocycles. The van der Waals surface area contributed by atoms with Crippen LogP contribution in [0, 0.1) is 0 Å². The number of alkyl halides is 3. The summed E-state index contributed by atoms with van der Waals surface area (Å²) >= 11 is 0. The fourth-order valence-electron chi connectivity index (χ4n) is 3.44. The number of halogens is 3. The Labute approximate surface area is 170 Å². The number of hydrogen-bond donors (Lipinski definition) is 0. The Balaban J connectivity index is 2.24. The highest BCUT2D eigenvalue weighted by Gasteiger charge is 2.43. The third-order valence-electron chi connectivity index (χ3n) is 5.27. The van der Waals surface area contributed by atoms with Crippen LogP contribution in [-0.2, 0) is 27.8 Å². The molecule has 1 heterocycles. The molecule has 0 N–H and O–H groups in total. The summed E-state index contributed by atoms with van der Waals surface area (Å²) in [4.78, 5) is 14.4. The first-order valence-corrected chi connectivity index (χ1v) is 11.2. The molecule has 0 atom stereocenters. The van der Waals surface area contributed by atoms with Crippen molar-refractivity contribution in [2.24, 2.45) is 0 Å². The van der Waals surface area contributed by atoms with Gasteiger partial charge in [-0.1, -0.05) is 26.8 Å². The molecule has 1 amide bonds. The number of sulfonamides is 1. The minimum Gasteiger partial charge on any atom is -0.330 e. The lowest BCUT2D eigenvalue weighted by Crippen LogP contribution is -2.43. The van der Waals surface area contributed by atoms with Crippen molar-refractivity contribution in [3.63, 3.8) is 0 Å². The number of amides is 1. The zero-order chi connectivity index (χ0) is 21.8. The van der Waals surface area contributed by atoms with Gasteiger partial charge in [0.2, 0.25) is 10.0 Å². The molecular formula is C19H28F3N3O3S. The fraction of sp³-hybridized carbons (Fsp3) is 0.632. The number of rotatable bonds is 8. The van der Waals surface area contributed by atoms with Crippen molar-refractivity contribution in [2.45, 2.75) is 44.8 Å². The van der Waals surface area contributed by atoms with E-state index in [-0.39, 0.29) is 24.4 Å². The number of nitrogens with zero attached hydrogens (tertiary/aromatic N) is 3. The van der Waals surface area contributed by atoms with E-state index < -0.39 is 22.1 Å². The van der Waals surface area contributed by atoms with Crippen molar-refractivity contribution in [3.8, 4) is 0 Å². The highest BCUT2D eigenvalue weighted by Crippen LogP contribution is 2.27. The smallest absolute Gasteiger partial charge is 0.330 e. The third kappa shape index (κ3) is 5.49. The zero-order valence-corrected chi connectivity index (χ0v) is 17.8. The predicted molar refractivity (Wildman–Crippen MR) is 104 cm³/mol. The summed E-state index contributed by atoms with van der Waals surface area (Å²) < 4.78 is 65.7. The van der Waals surface area contributed by atoms with Gasteiger partial charge in [0.05, 0.1) is 4.90 Å². The van der Waals surface area contributed by atoms with E-state index in [0.717, 1.165) is 23.6 Å². The van der Waals surface area contributed by atoms with E-state index in [9.17, 15) is 26.4 Å². The average molecular weight is 436 g/mol. The molecule has 164 valence electrons. The van der Waals surface area contributed by atoms with Crippen LogP contribution < -0.4 is 0 Å². The van der Waals surface area contributed by atoms with E-state index in [1.54, 1.807) is 13.0 Å². The molecule has 2 rings (SSSR count). The topological polar surface area (TPSA) is 60.9 Å². The molecule has 0 fully saturated rings. The van der Waals surface area contributed by atoms with Crippen molar-refractivity contribution in [2.75, 3.05) is 39.3 Å². The van der Waals surface area contributed by atoms with Crippen LogP contribution in [0.2, 0.25) is 0 Å². The Morgan fingerprint density at radius 3 is 2.28 bits per heavy atom. The molecule has 1 aliphatic rings. The molecule has 0 bridgehead atoms. The van der Waals surface area contributed by atoms with Crippen molar-refractivity contribution in [1.82, 2.24) is 14.1 Å². The Kier molecular flexibility index (Phi) is 7.69. The van der Waals surface area contributed by atoms with Gasteiger partial charge in [0, 0.05) is 32.7 Å². The van der Waals surface area contributed by atoms with Gasteiger partial charge in [-0.05, 0) is 42.8 Å². The Bertz CT molecular complexity index is 824. The first-order chi connectivity index (χ1) is 13.5. The Morgan fingerprint density at radius 1 is 1.07 bits per heavy atom. The van der Waals surface area contributed by atoms with E-state index in [1.165, 1.54) is 16.4 Å². The Hall–Kier alpha value is -1.65. The number of likely N-dealkylation sites (N-methyl/N-ethyl adjacent to an activating group) is 2. The molecule has 0 radical (unpaired) electrons. The largest absolute Gasteiger partial charge is 0.471 e.